The molecule has 4 saturated carbocycles. The molecule has 0 bridgehead atoms. The number of ether oxygens (including phenoxy) is 3. The van der Waals surface area contributed by atoms with Crippen LogP contribution >= 0.6 is 0 Å². The van der Waals surface area contributed by atoms with E-state index in [9.17, 15) is 9.59 Å². The third kappa shape index (κ3) is 3.71. The van der Waals surface area contributed by atoms with Gasteiger partial charge in [-0.15, -0.1) is 0 Å². The minimum absolute atomic E-state index is 0.0833. The first-order valence-corrected chi connectivity index (χ1v) is 14.3. The van der Waals surface area contributed by atoms with Crippen LogP contribution in [0, 0.1) is 46.3 Å². The molecule has 5 nitrogen and oxygen atoms in total. The number of benzene rings is 1. The van der Waals surface area contributed by atoms with Crippen LogP contribution in [0.5, 0.6) is 0 Å². The highest BCUT2D eigenvalue weighted by molar-refractivity contribution is 5.89. The van der Waals surface area contributed by atoms with Gasteiger partial charge in [0.1, 0.15) is 12.4 Å². The fraction of sp³-hybridized carbons (Fsp3) is 0.742. The molecule has 5 fully saturated rings. The molecule has 36 heavy (non-hydrogen) atoms. The van der Waals surface area contributed by atoms with Gasteiger partial charge >= 0.3 is 5.97 Å². The summed E-state index contributed by atoms with van der Waals surface area (Å²) in [6.07, 6.45) is 9.47. The van der Waals surface area contributed by atoms with E-state index in [2.05, 4.69) is 20.8 Å². The molecule has 5 aliphatic rings. The molecule has 1 aromatic carbocycles. The molecular weight excluding hydrogens is 452 g/mol. The maximum absolute atomic E-state index is 13.3. The van der Waals surface area contributed by atoms with Gasteiger partial charge in [-0.1, -0.05) is 39.0 Å². The second-order valence-corrected chi connectivity index (χ2v) is 13.1. The molecule has 1 aromatic rings. The van der Waals surface area contributed by atoms with Crippen LogP contribution < -0.4 is 0 Å². The van der Waals surface area contributed by atoms with Crippen molar-refractivity contribution < 1.29 is 23.8 Å². The minimum Gasteiger partial charge on any atom is -0.458 e. The average molecular weight is 495 g/mol. The Morgan fingerprint density at radius 1 is 1.00 bits per heavy atom. The molecule has 1 aliphatic heterocycles. The second-order valence-electron chi connectivity index (χ2n) is 13.1. The largest absolute Gasteiger partial charge is 0.458 e. The lowest BCUT2D eigenvalue weighted by molar-refractivity contribution is -0.242. The van der Waals surface area contributed by atoms with E-state index in [1.165, 1.54) is 6.42 Å². The quantitative estimate of drug-likeness (QED) is 0.376. The van der Waals surface area contributed by atoms with Crippen molar-refractivity contribution in [2.75, 3.05) is 13.2 Å². The van der Waals surface area contributed by atoms with Gasteiger partial charge in [0.05, 0.1) is 18.8 Å². The molecule has 5 heteroatoms. The van der Waals surface area contributed by atoms with Crippen LogP contribution in [0.1, 0.15) is 82.5 Å². The average Bonchev–Trinajstić information content (AvgIpc) is 3.49. The molecule has 0 N–H and O–H groups in total. The number of esters is 1. The summed E-state index contributed by atoms with van der Waals surface area (Å²) in [6.45, 7) is 8.41. The third-order valence-electron chi connectivity index (χ3n) is 11.7. The van der Waals surface area contributed by atoms with Gasteiger partial charge in [0.15, 0.2) is 5.79 Å². The highest BCUT2D eigenvalue weighted by Crippen LogP contribution is 2.69. The van der Waals surface area contributed by atoms with Gasteiger partial charge in [0.25, 0.3) is 0 Å². The lowest BCUT2D eigenvalue weighted by Gasteiger charge is -2.63. The van der Waals surface area contributed by atoms with Crippen LogP contribution in [0.3, 0.4) is 0 Å². The van der Waals surface area contributed by atoms with Crippen LogP contribution in [0.2, 0.25) is 0 Å². The van der Waals surface area contributed by atoms with Gasteiger partial charge in [-0.2, -0.15) is 0 Å². The first-order chi connectivity index (χ1) is 17.3. The van der Waals surface area contributed by atoms with E-state index in [0.717, 1.165) is 51.2 Å². The Kier molecular flexibility index (Phi) is 6.11. The maximum atomic E-state index is 13.3. The van der Waals surface area contributed by atoms with Crippen molar-refractivity contribution in [3.05, 3.63) is 35.9 Å². The first kappa shape index (κ1) is 24.6. The number of carbonyl (C=O) groups is 2. The Balaban J connectivity index is 1.34. The predicted molar refractivity (Wildman–Crippen MR) is 136 cm³/mol. The summed E-state index contributed by atoms with van der Waals surface area (Å²) in [4.78, 5) is 25.2. The van der Waals surface area contributed by atoms with Crippen molar-refractivity contribution in [2.45, 2.75) is 84.0 Å². The number of carbonyl (C=O) groups excluding carboxylic acids is 2. The van der Waals surface area contributed by atoms with Crippen molar-refractivity contribution in [3.8, 4) is 0 Å². The summed E-state index contributed by atoms with van der Waals surface area (Å²) in [7, 11) is 0. The number of rotatable bonds is 4. The Hall–Kier alpha value is -1.72. The standard InChI is InChI=1S/C31H42O5/c1-20(19-32)23-9-10-24-27-25(11-12-30(23,24)3)29(2)13-14-31(34-15-16-35-31)18-22(29)17-26(27)36-28(33)21-7-5-4-6-8-21/h4-8,19-20,22-27H,9-18H2,1-3H3/t20?,22?,23-,24?,25?,26?,27?,29+,30-/m1/s1. The summed E-state index contributed by atoms with van der Waals surface area (Å²) in [6, 6.07) is 9.44. The molecule has 9 atom stereocenters. The number of hydrogen-bond acceptors (Lipinski definition) is 5. The summed E-state index contributed by atoms with van der Waals surface area (Å²) in [5.74, 6) is 1.63. The van der Waals surface area contributed by atoms with Gasteiger partial charge in [-0.25, -0.2) is 4.79 Å². The van der Waals surface area contributed by atoms with Crippen molar-refractivity contribution >= 4 is 12.3 Å². The molecule has 0 amide bonds. The van der Waals surface area contributed by atoms with E-state index in [-0.39, 0.29) is 28.8 Å². The Morgan fingerprint density at radius 3 is 2.44 bits per heavy atom. The zero-order valence-electron chi connectivity index (χ0n) is 22.1. The zero-order chi connectivity index (χ0) is 25.1. The lowest BCUT2D eigenvalue weighted by Crippen LogP contribution is -2.60. The Morgan fingerprint density at radius 2 is 1.72 bits per heavy atom. The third-order valence-corrected chi connectivity index (χ3v) is 11.7. The molecule has 1 spiro atoms. The van der Waals surface area contributed by atoms with Gasteiger partial charge < -0.3 is 19.0 Å². The Bertz CT molecular complexity index is 986. The smallest absolute Gasteiger partial charge is 0.338 e. The fourth-order valence-corrected chi connectivity index (χ4v) is 9.80. The molecule has 4 aliphatic carbocycles. The van der Waals surface area contributed by atoms with Gasteiger partial charge in [0, 0.05) is 24.7 Å². The first-order valence-electron chi connectivity index (χ1n) is 14.3. The SMILES string of the molecule is CC(C=O)[C@H]1CCC2C3C(OC(=O)c4ccccc4)CC4CC5(CC[C@]4(C)C3CC[C@@]21C)OCCO5. The van der Waals surface area contributed by atoms with Gasteiger partial charge in [0.2, 0.25) is 0 Å². The fourth-order valence-electron chi connectivity index (χ4n) is 9.80. The maximum Gasteiger partial charge on any atom is 0.338 e. The number of aldehydes is 1. The van der Waals surface area contributed by atoms with E-state index < -0.39 is 5.79 Å². The molecule has 6 unspecified atom stereocenters. The van der Waals surface area contributed by atoms with E-state index >= 15 is 0 Å². The summed E-state index contributed by atoms with van der Waals surface area (Å²) in [5.41, 5.74) is 0.967. The Labute approximate surface area is 215 Å². The summed E-state index contributed by atoms with van der Waals surface area (Å²) >= 11 is 0. The van der Waals surface area contributed by atoms with E-state index in [1.807, 2.05) is 30.3 Å². The zero-order valence-corrected chi connectivity index (χ0v) is 22.1. The van der Waals surface area contributed by atoms with Crippen molar-refractivity contribution in [1.82, 2.24) is 0 Å². The van der Waals surface area contributed by atoms with Crippen molar-refractivity contribution in [2.24, 2.45) is 46.3 Å². The van der Waals surface area contributed by atoms with Crippen LogP contribution in [0.4, 0.5) is 0 Å². The highest BCUT2D eigenvalue weighted by Gasteiger charge is 2.65. The van der Waals surface area contributed by atoms with Gasteiger partial charge in [-0.05, 0) is 85.2 Å². The normalized spacial score (nSPS) is 43.8. The lowest BCUT2D eigenvalue weighted by atomic mass is 9.43. The highest BCUT2D eigenvalue weighted by atomic mass is 16.7. The van der Waals surface area contributed by atoms with E-state index in [4.69, 9.17) is 14.2 Å². The molecule has 0 radical (unpaired) electrons. The topological polar surface area (TPSA) is 61.8 Å². The second kappa shape index (κ2) is 8.94. The molecule has 1 saturated heterocycles. The van der Waals surface area contributed by atoms with Crippen LogP contribution in [-0.2, 0) is 19.0 Å². The van der Waals surface area contributed by atoms with E-state index in [0.29, 0.717) is 48.4 Å². The van der Waals surface area contributed by atoms with E-state index in [1.54, 1.807) is 0 Å². The van der Waals surface area contributed by atoms with Crippen molar-refractivity contribution in [1.29, 1.82) is 0 Å². The number of hydrogen-bond donors (Lipinski definition) is 0. The monoisotopic (exact) mass is 494 g/mol. The predicted octanol–water partition coefficient (Wildman–Crippen LogP) is 6.06. The summed E-state index contributed by atoms with van der Waals surface area (Å²) < 4.78 is 18.8. The molecule has 196 valence electrons. The molecule has 1 heterocycles. The number of fused-ring (bicyclic) bond motifs is 5. The van der Waals surface area contributed by atoms with Gasteiger partial charge in [-0.3, -0.25) is 0 Å². The van der Waals surface area contributed by atoms with Crippen LogP contribution in [0.15, 0.2) is 30.3 Å². The summed E-state index contributed by atoms with van der Waals surface area (Å²) in [5, 5.41) is 0. The molecule has 0 aromatic heterocycles. The van der Waals surface area contributed by atoms with Crippen LogP contribution in [0.25, 0.3) is 0 Å². The van der Waals surface area contributed by atoms with Crippen molar-refractivity contribution in [3.63, 3.8) is 0 Å². The molecule has 6 rings (SSSR count). The van der Waals surface area contributed by atoms with Crippen LogP contribution in [-0.4, -0.2) is 37.4 Å². The molecular formula is C31H42O5. The minimum atomic E-state index is -0.438.